The average molecular weight is 450 g/mol. The smallest absolute Gasteiger partial charge is 0.325 e. The molecule has 0 atom stereocenters. The van der Waals surface area contributed by atoms with E-state index in [4.69, 9.17) is 16.3 Å². The van der Waals surface area contributed by atoms with Gasteiger partial charge in [-0.1, -0.05) is 47.4 Å². The van der Waals surface area contributed by atoms with Crippen molar-refractivity contribution in [3.05, 3.63) is 39.4 Å². The van der Waals surface area contributed by atoms with Crippen LogP contribution in [-0.2, 0) is 16.0 Å². The molecule has 1 fully saturated rings. The Morgan fingerprint density at radius 2 is 1.97 bits per heavy atom. The highest BCUT2D eigenvalue weighted by Gasteiger charge is 2.26. The van der Waals surface area contributed by atoms with Crippen molar-refractivity contribution < 1.29 is 19.1 Å². The van der Waals surface area contributed by atoms with E-state index in [-0.39, 0.29) is 29.9 Å². The zero-order valence-corrected chi connectivity index (χ0v) is 18.5. The predicted molar refractivity (Wildman–Crippen MR) is 118 cm³/mol. The lowest BCUT2D eigenvalue weighted by molar-refractivity contribution is -0.142. The molecule has 3 rings (SSSR count). The fourth-order valence-corrected chi connectivity index (χ4v) is 4.51. The number of nitrogens with one attached hydrogen (secondary N) is 2. The molecule has 1 aromatic heterocycles. The maximum absolute atomic E-state index is 12.9. The SMILES string of the molecule is CCOC(=O)Cc1nc(NC(=O)Nc2ccc(C)cc2C(=O)C2CCCC2)sc1Cl. The Bertz CT molecular complexity index is 954. The van der Waals surface area contributed by atoms with E-state index in [1.807, 2.05) is 19.1 Å². The van der Waals surface area contributed by atoms with E-state index in [0.29, 0.717) is 21.3 Å². The first-order valence-electron chi connectivity index (χ1n) is 9.91. The van der Waals surface area contributed by atoms with Gasteiger partial charge in [0.15, 0.2) is 10.9 Å². The molecule has 2 amide bonds. The molecule has 1 aliphatic rings. The summed E-state index contributed by atoms with van der Waals surface area (Å²) in [5, 5.41) is 5.62. The van der Waals surface area contributed by atoms with Gasteiger partial charge in [-0.15, -0.1) is 0 Å². The van der Waals surface area contributed by atoms with Crippen molar-refractivity contribution >= 4 is 51.5 Å². The minimum atomic E-state index is -0.535. The highest BCUT2D eigenvalue weighted by molar-refractivity contribution is 7.19. The number of halogens is 1. The number of hydrogen-bond donors (Lipinski definition) is 2. The number of anilines is 2. The summed E-state index contributed by atoms with van der Waals surface area (Å²) in [6.45, 7) is 3.90. The van der Waals surface area contributed by atoms with Gasteiger partial charge < -0.3 is 10.1 Å². The summed E-state index contributed by atoms with van der Waals surface area (Å²) in [7, 11) is 0. The zero-order chi connectivity index (χ0) is 21.7. The van der Waals surface area contributed by atoms with Gasteiger partial charge in [0.25, 0.3) is 0 Å². The molecule has 1 aromatic carbocycles. The second-order valence-electron chi connectivity index (χ2n) is 7.20. The van der Waals surface area contributed by atoms with Gasteiger partial charge in [0.2, 0.25) is 0 Å². The molecule has 0 saturated heterocycles. The van der Waals surface area contributed by atoms with E-state index in [9.17, 15) is 14.4 Å². The number of esters is 1. The van der Waals surface area contributed by atoms with E-state index >= 15 is 0 Å². The van der Waals surface area contributed by atoms with Crippen LogP contribution in [0.5, 0.6) is 0 Å². The molecule has 0 aliphatic heterocycles. The van der Waals surface area contributed by atoms with Crippen molar-refractivity contribution in [2.24, 2.45) is 5.92 Å². The molecular formula is C21H24ClN3O4S. The molecule has 1 aliphatic carbocycles. The minimum absolute atomic E-state index is 0.0126. The second kappa shape index (κ2) is 10.0. The average Bonchev–Trinajstić information content (AvgIpc) is 3.33. The van der Waals surface area contributed by atoms with Gasteiger partial charge in [0.05, 0.1) is 24.4 Å². The number of aryl methyl sites for hydroxylation is 1. The Hall–Kier alpha value is -2.45. The molecule has 0 spiro atoms. The van der Waals surface area contributed by atoms with Crippen LogP contribution in [0.1, 0.15) is 54.2 Å². The summed E-state index contributed by atoms with van der Waals surface area (Å²) in [5.41, 5.74) is 2.29. The maximum atomic E-state index is 12.9. The van der Waals surface area contributed by atoms with Gasteiger partial charge in [-0.3, -0.25) is 14.9 Å². The molecule has 9 heteroatoms. The van der Waals surface area contributed by atoms with Crippen molar-refractivity contribution in [1.82, 2.24) is 4.98 Å². The molecule has 7 nitrogen and oxygen atoms in total. The van der Waals surface area contributed by atoms with Crippen LogP contribution in [0.15, 0.2) is 18.2 Å². The van der Waals surface area contributed by atoms with E-state index in [0.717, 1.165) is 42.6 Å². The largest absolute Gasteiger partial charge is 0.466 e. The quantitative estimate of drug-likeness (QED) is 0.445. The summed E-state index contributed by atoms with van der Waals surface area (Å²) in [6.07, 6.45) is 3.83. The number of ketones is 1. The van der Waals surface area contributed by atoms with Crippen LogP contribution in [0.3, 0.4) is 0 Å². The monoisotopic (exact) mass is 449 g/mol. The second-order valence-corrected chi connectivity index (χ2v) is 8.80. The maximum Gasteiger partial charge on any atom is 0.325 e. The number of ether oxygens (including phenoxy) is 1. The number of nitrogens with zero attached hydrogens (tertiary/aromatic N) is 1. The van der Waals surface area contributed by atoms with Crippen molar-refractivity contribution in [3.8, 4) is 0 Å². The minimum Gasteiger partial charge on any atom is -0.466 e. The summed E-state index contributed by atoms with van der Waals surface area (Å²) in [4.78, 5) is 41.2. The lowest BCUT2D eigenvalue weighted by Crippen LogP contribution is -2.22. The van der Waals surface area contributed by atoms with E-state index in [1.165, 1.54) is 0 Å². The number of benzene rings is 1. The number of urea groups is 1. The van der Waals surface area contributed by atoms with Crippen LogP contribution >= 0.6 is 22.9 Å². The van der Waals surface area contributed by atoms with Crippen LogP contribution in [0.25, 0.3) is 0 Å². The Kier molecular flexibility index (Phi) is 7.44. The van der Waals surface area contributed by atoms with Crippen LogP contribution in [-0.4, -0.2) is 29.4 Å². The van der Waals surface area contributed by atoms with Crippen molar-refractivity contribution in [2.45, 2.75) is 46.0 Å². The van der Waals surface area contributed by atoms with Crippen LogP contribution in [0.4, 0.5) is 15.6 Å². The molecule has 1 saturated carbocycles. The van der Waals surface area contributed by atoms with Crippen LogP contribution in [0.2, 0.25) is 4.34 Å². The van der Waals surface area contributed by atoms with E-state index < -0.39 is 12.0 Å². The van der Waals surface area contributed by atoms with E-state index in [2.05, 4.69) is 15.6 Å². The fourth-order valence-electron chi connectivity index (χ4n) is 3.47. The molecule has 0 bridgehead atoms. The molecule has 1 heterocycles. The topological polar surface area (TPSA) is 97.4 Å². The van der Waals surface area contributed by atoms with Crippen molar-refractivity contribution in [3.63, 3.8) is 0 Å². The molecule has 2 N–H and O–H groups in total. The lowest BCUT2D eigenvalue weighted by atomic mass is 9.94. The standard InChI is InChI=1S/C21H24ClN3O4S/c1-3-29-17(26)11-16-19(22)30-21(24-16)25-20(28)23-15-9-8-12(2)10-14(15)18(27)13-6-4-5-7-13/h8-10,13H,3-7,11H2,1-2H3,(H2,23,24,25,28). The number of rotatable bonds is 7. The third-order valence-electron chi connectivity index (χ3n) is 4.90. The lowest BCUT2D eigenvalue weighted by Gasteiger charge is -2.14. The molecular weight excluding hydrogens is 426 g/mol. The first kappa shape index (κ1) is 22.2. The number of thiazole rings is 1. The fraction of sp³-hybridized carbons (Fsp3) is 0.429. The molecule has 0 unspecified atom stereocenters. The Labute approximate surface area is 184 Å². The summed E-state index contributed by atoms with van der Waals surface area (Å²) in [5.74, 6) is -0.352. The van der Waals surface area contributed by atoms with E-state index in [1.54, 1.807) is 13.0 Å². The number of amides is 2. The molecule has 2 aromatic rings. The number of carbonyl (C=O) groups excluding carboxylic acids is 3. The first-order chi connectivity index (χ1) is 14.4. The van der Waals surface area contributed by atoms with Gasteiger partial charge in [0, 0.05) is 11.5 Å². The Morgan fingerprint density at radius 3 is 2.67 bits per heavy atom. The van der Waals surface area contributed by atoms with Crippen LogP contribution < -0.4 is 10.6 Å². The van der Waals surface area contributed by atoms with Gasteiger partial charge >= 0.3 is 12.0 Å². The molecule has 0 radical (unpaired) electrons. The first-order valence-corrected chi connectivity index (χ1v) is 11.1. The summed E-state index contributed by atoms with van der Waals surface area (Å²) < 4.78 is 5.20. The predicted octanol–water partition coefficient (Wildman–Crippen LogP) is 5.23. The normalized spacial score (nSPS) is 13.8. The van der Waals surface area contributed by atoms with Gasteiger partial charge in [-0.2, -0.15) is 0 Å². The molecule has 160 valence electrons. The highest BCUT2D eigenvalue weighted by atomic mass is 35.5. The van der Waals surface area contributed by atoms with Crippen molar-refractivity contribution in [2.75, 3.05) is 17.2 Å². The zero-order valence-electron chi connectivity index (χ0n) is 16.9. The Morgan fingerprint density at radius 1 is 1.23 bits per heavy atom. The van der Waals surface area contributed by atoms with Gasteiger partial charge in [-0.25, -0.2) is 9.78 Å². The van der Waals surface area contributed by atoms with Crippen LogP contribution in [0, 0.1) is 12.8 Å². The number of aromatic nitrogens is 1. The van der Waals surface area contributed by atoms with Crippen molar-refractivity contribution in [1.29, 1.82) is 0 Å². The van der Waals surface area contributed by atoms with Gasteiger partial charge in [-0.05, 0) is 38.8 Å². The number of Topliss-reactive ketones (excluding diaryl/α,β-unsaturated/α-hetero) is 1. The Balaban J connectivity index is 1.69. The third-order valence-corrected chi connectivity index (χ3v) is 6.15. The number of carbonyl (C=O) groups is 3. The molecule has 30 heavy (non-hydrogen) atoms. The third kappa shape index (κ3) is 5.58. The highest BCUT2D eigenvalue weighted by Crippen LogP contribution is 2.32. The summed E-state index contributed by atoms with van der Waals surface area (Å²) in [6, 6.07) is 4.86. The summed E-state index contributed by atoms with van der Waals surface area (Å²) >= 11 is 7.18. The number of hydrogen-bond acceptors (Lipinski definition) is 6. The van der Waals surface area contributed by atoms with Gasteiger partial charge in [0.1, 0.15) is 4.34 Å².